The Morgan fingerprint density at radius 1 is 1.18 bits per heavy atom. The molecule has 9 nitrogen and oxygen atoms in total. The summed E-state index contributed by atoms with van der Waals surface area (Å²) in [5.74, 6) is 2.51. The predicted octanol–water partition coefficient (Wildman–Crippen LogP) is 1.33. The lowest BCUT2D eigenvalue weighted by Gasteiger charge is -2.20. The van der Waals surface area contributed by atoms with E-state index in [-0.39, 0.29) is 18.6 Å². The van der Waals surface area contributed by atoms with E-state index in [2.05, 4.69) is 25.3 Å². The molecule has 3 atom stereocenters. The molecular formula is C19H21N5O4. The average molecular weight is 383 g/mol. The Bertz CT molecular complexity index is 1010. The van der Waals surface area contributed by atoms with E-state index in [1.807, 2.05) is 18.2 Å². The lowest BCUT2D eigenvalue weighted by Crippen LogP contribution is -2.17. The number of para-hydroxylation sites is 1. The van der Waals surface area contributed by atoms with Crippen molar-refractivity contribution in [2.24, 2.45) is 5.92 Å². The van der Waals surface area contributed by atoms with E-state index < -0.39 is 6.10 Å². The third-order valence-corrected chi connectivity index (χ3v) is 5.34. The van der Waals surface area contributed by atoms with Gasteiger partial charge in [-0.15, -0.1) is 0 Å². The predicted molar refractivity (Wildman–Crippen MR) is 101 cm³/mol. The molecule has 0 bridgehead atoms. The van der Waals surface area contributed by atoms with Gasteiger partial charge in [0.05, 0.1) is 11.7 Å². The van der Waals surface area contributed by atoms with Gasteiger partial charge in [0.2, 0.25) is 0 Å². The van der Waals surface area contributed by atoms with Gasteiger partial charge >= 0.3 is 0 Å². The first-order valence-corrected chi connectivity index (χ1v) is 9.38. The molecule has 1 aromatic carbocycles. The number of hydrogen-bond acceptors (Lipinski definition) is 8. The lowest BCUT2D eigenvalue weighted by atomic mass is 10.1. The van der Waals surface area contributed by atoms with Crippen molar-refractivity contribution in [2.75, 3.05) is 25.1 Å². The van der Waals surface area contributed by atoms with Crippen LogP contribution in [0.4, 0.5) is 5.82 Å². The summed E-state index contributed by atoms with van der Waals surface area (Å²) in [6.07, 6.45) is 2.20. The van der Waals surface area contributed by atoms with E-state index >= 15 is 0 Å². The number of nitrogens with zero attached hydrogens (tertiary/aromatic N) is 3. The van der Waals surface area contributed by atoms with Crippen molar-refractivity contribution in [2.45, 2.75) is 25.0 Å². The summed E-state index contributed by atoms with van der Waals surface area (Å²) in [7, 11) is 0. The van der Waals surface area contributed by atoms with E-state index in [0.29, 0.717) is 60.4 Å². The minimum Gasteiger partial charge on any atom is -0.486 e. The first-order valence-electron chi connectivity index (χ1n) is 9.38. The zero-order chi connectivity index (χ0) is 19.1. The van der Waals surface area contributed by atoms with Crippen molar-refractivity contribution in [1.29, 1.82) is 0 Å². The van der Waals surface area contributed by atoms with Crippen LogP contribution in [-0.2, 0) is 0 Å². The number of H-pyrrole nitrogens is 1. The normalized spacial score (nSPS) is 23.9. The van der Waals surface area contributed by atoms with Crippen LogP contribution in [0.3, 0.4) is 0 Å². The maximum absolute atomic E-state index is 10.0. The molecule has 2 aliphatic rings. The van der Waals surface area contributed by atoms with E-state index in [0.717, 1.165) is 5.56 Å². The molecule has 1 saturated carbocycles. The van der Waals surface area contributed by atoms with Gasteiger partial charge in [-0.25, -0.2) is 15.0 Å². The first kappa shape index (κ1) is 17.2. The molecule has 0 radical (unpaired) electrons. The molecule has 1 fully saturated rings. The summed E-state index contributed by atoms with van der Waals surface area (Å²) < 4.78 is 11.4. The number of aromatic nitrogens is 4. The van der Waals surface area contributed by atoms with Crippen molar-refractivity contribution < 1.29 is 19.7 Å². The first-order chi connectivity index (χ1) is 13.7. The van der Waals surface area contributed by atoms with E-state index in [4.69, 9.17) is 9.47 Å². The fourth-order valence-corrected chi connectivity index (χ4v) is 3.94. The van der Waals surface area contributed by atoms with Crippen molar-refractivity contribution in [3.05, 3.63) is 24.5 Å². The number of rotatable bonds is 4. The molecule has 9 heteroatoms. The Morgan fingerprint density at radius 3 is 2.93 bits per heavy atom. The van der Waals surface area contributed by atoms with Crippen LogP contribution in [0.5, 0.6) is 11.5 Å². The maximum Gasteiger partial charge on any atom is 0.183 e. The van der Waals surface area contributed by atoms with Crippen LogP contribution < -0.4 is 14.8 Å². The zero-order valence-corrected chi connectivity index (χ0v) is 15.1. The van der Waals surface area contributed by atoms with E-state index in [1.165, 1.54) is 6.33 Å². The van der Waals surface area contributed by atoms with Gasteiger partial charge in [-0.05, 0) is 25.0 Å². The van der Waals surface area contributed by atoms with Crippen LogP contribution in [0.1, 0.15) is 12.8 Å². The fraction of sp³-hybridized carbons (Fsp3) is 0.421. The SMILES string of the molecule is OCC1CC(Nc2ncnc3nc(-c4cccc5c4OCCO5)[nH]c23)CC1O. The molecule has 28 heavy (non-hydrogen) atoms. The van der Waals surface area contributed by atoms with Gasteiger partial charge in [0.1, 0.15) is 30.9 Å². The molecule has 2 aromatic heterocycles. The van der Waals surface area contributed by atoms with Crippen LogP contribution in [0.2, 0.25) is 0 Å². The van der Waals surface area contributed by atoms with Crippen LogP contribution >= 0.6 is 0 Å². The van der Waals surface area contributed by atoms with Gasteiger partial charge in [-0.1, -0.05) is 6.07 Å². The Hall–Kier alpha value is -2.91. The molecule has 1 aliphatic carbocycles. The molecule has 0 amide bonds. The van der Waals surface area contributed by atoms with Crippen molar-refractivity contribution >= 4 is 17.0 Å². The fourth-order valence-electron chi connectivity index (χ4n) is 3.94. The summed E-state index contributed by atoms with van der Waals surface area (Å²) in [4.78, 5) is 16.5. The highest BCUT2D eigenvalue weighted by atomic mass is 16.6. The number of anilines is 1. The average Bonchev–Trinajstić information content (AvgIpc) is 3.31. The minimum atomic E-state index is -0.509. The van der Waals surface area contributed by atoms with Gasteiger partial charge in [0.15, 0.2) is 23.0 Å². The highest BCUT2D eigenvalue weighted by Crippen LogP contribution is 2.39. The molecule has 4 N–H and O–H groups in total. The van der Waals surface area contributed by atoms with Gasteiger partial charge < -0.3 is 30.0 Å². The van der Waals surface area contributed by atoms with E-state index in [1.54, 1.807) is 0 Å². The summed E-state index contributed by atoms with van der Waals surface area (Å²) in [6, 6.07) is 5.72. The smallest absolute Gasteiger partial charge is 0.183 e. The van der Waals surface area contributed by atoms with Crippen molar-refractivity contribution in [3.8, 4) is 22.9 Å². The number of imidazole rings is 1. The third-order valence-electron chi connectivity index (χ3n) is 5.34. The Morgan fingerprint density at radius 2 is 2.07 bits per heavy atom. The largest absolute Gasteiger partial charge is 0.486 e. The second-order valence-electron chi connectivity index (χ2n) is 7.16. The molecular weight excluding hydrogens is 362 g/mol. The van der Waals surface area contributed by atoms with Crippen LogP contribution in [0.15, 0.2) is 24.5 Å². The Kier molecular flexibility index (Phi) is 4.25. The molecule has 1 aliphatic heterocycles. The van der Waals surface area contributed by atoms with Crippen molar-refractivity contribution in [1.82, 2.24) is 19.9 Å². The standard InChI is InChI=1S/C19H21N5O4/c25-8-10-6-11(7-13(10)26)22-18-15-19(21-9-20-18)24-17(23-15)12-2-1-3-14-16(12)28-5-4-27-14/h1-3,9-11,13,25-26H,4-8H2,(H2,20,21,22,23,24). The Labute approximate surface area is 160 Å². The van der Waals surface area contributed by atoms with Gasteiger partial charge in [0.25, 0.3) is 0 Å². The summed E-state index contributed by atoms with van der Waals surface area (Å²) in [5.41, 5.74) is 2.03. The molecule has 3 heterocycles. The minimum absolute atomic E-state index is 0.0199. The lowest BCUT2D eigenvalue weighted by molar-refractivity contribution is 0.0908. The number of ether oxygens (including phenoxy) is 2. The van der Waals surface area contributed by atoms with Crippen molar-refractivity contribution in [3.63, 3.8) is 0 Å². The van der Waals surface area contributed by atoms with Gasteiger partial charge in [0, 0.05) is 18.6 Å². The number of fused-ring (bicyclic) bond motifs is 2. The monoisotopic (exact) mass is 383 g/mol. The second-order valence-corrected chi connectivity index (χ2v) is 7.16. The summed E-state index contributed by atoms with van der Waals surface area (Å²) in [6.45, 7) is 0.999. The molecule has 5 rings (SSSR count). The summed E-state index contributed by atoms with van der Waals surface area (Å²) >= 11 is 0. The van der Waals surface area contributed by atoms with Gasteiger partial charge in [-0.3, -0.25) is 0 Å². The Balaban J connectivity index is 1.49. The maximum atomic E-state index is 10.0. The molecule has 3 aromatic rings. The number of aromatic amines is 1. The zero-order valence-electron chi connectivity index (χ0n) is 15.1. The van der Waals surface area contributed by atoms with E-state index in [9.17, 15) is 10.2 Å². The third kappa shape index (κ3) is 2.92. The number of hydrogen-bond donors (Lipinski definition) is 4. The number of nitrogens with one attached hydrogen (secondary N) is 2. The van der Waals surface area contributed by atoms with Crippen LogP contribution in [-0.4, -0.2) is 62.1 Å². The molecule has 0 saturated heterocycles. The second kappa shape index (κ2) is 6.92. The molecule has 0 spiro atoms. The van der Waals surface area contributed by atoms with Gasteiger partial charge in [-0.2, -0.15) is 0 Å². The molecule has 3 unspecified atom stereocenters. The van der Waals surface area contributed by atoms with Crippen LogP contribution in [0.25, 0.3) is 22.6 Å². The molecule has 146 valence electrons. The number of aliphatic hydroxyl groups excluding tert-OH is 2. The number of aliphatic hydroxyl groups is 2. The number of benzene rings is 1. The highest BCUT2D eigenvalue weighted by Gasteiger charge is 2.33. The summed E-state index contributed by atoms with van der Waals surface area (Å²) in [5, 5.41) is 22.8. The quantitative estimate of drug-likeness (QED) is 0.532. The topological polar surface area (TPSA) is 125 Å². The highest BCUT2D eigenvalue weighted by molar-refractivity contribution is 5.86. The van der Waals surface area contributed by atoms with Crippen LogP contribution in [0, 0.1) is 5.92 Å².